The van der Waals surface area contributed by atoms with Crippen LogP contribution in [0.15, 0.2) is 42.5 Å². The lowest BCUT2D eigenvalue weighted by atomic mass is 10.0. The number of unbranched alkanes of at least 4 members (excludes halogenated alkanes) is 9. The molecule has 0 spiro atoms. The Labute approximate surface area is 214 Å². The van der Waals surface area contributed by atoms with Gasteiger partial charge in [-0.3, -0.25) is 0 Å². The highest BCUT2D eigenvalue weighted by atomic mass is 14.8. The number of nitrogens with zero attached hydrogens (tertiary/aromatic N) is 2. The number of H-pyrrole nitrogens is 2. The molecule has 0 amide bonds. The topological polar surface area (TPSA) is 57.4 Å². The first-order chi connectivity index (χ1) is 17.7. The van der Waals surface area contributed by atoms with E-state index in [1.165, 1.54) is 75.3 Å². The summed E-state index contributed by atoms with van der Waals surface area (Å²) in [6.45, 7) is 2.28. The zero-order valence-corrected chi connectivity index (χ0v) is 21.5. The number of aryl methyl sites for hydroxylation is 1. The van der Waals surface area contributed by atoms with Gasteiger partial charge < -0.3 is 9.97 Å². The summed E-state index contributed by atoms with van der Waals surface area (Å²) in [5.41, 5.74) is 9.59. The second kappa shape index (κ2) is 12.0. The standard InChI is InChI=1S/C32H38N4/c1-2-3-4-5-6-7-8-9-10-11-12-24-19-31-22-29-16-15-27(34-29)20-25-13-14-26(33-25)21-28-17-18-30(35-28)23-32(24)36-31/h13-23,34,36H,2-12H2,1H3. The van der Waals surface area contributed by atoms with E-state index in [0.717, 1.165) is 45.7 Å². The van der Waals surface area contributed by atoms with Gasteiger partial charge in [-0.15, -0.1) is 0 Å². The largest absolute Gasteiger partial charge is 0.355 e. The Morgan fingerprint density at radius 3 is 1.75 bits per heavy atom. The van der Waals surface area contributed by atoms with Crippen molar-refractivity contribution >= 4 is 46.4 Å². The number of hydrogen-bond acceptors (Lipinski definition) is 2. The van der Waals surface area contributed by atoms with E-state index in [-0.39, 0.29) is 0 Å². The second-order valence-electron chi connectivity index (χ2n) is 10.1. The number of nitrogens with one attached hydrogen (secondary N) is 2. The summed E-state index contributed by atoms with van der Waals surface area (Å²) < 4.78 is 0. The minimum absolute atomic E-state index is 0.931. The van der Waals surface area contributed by atoms with Crippen LogP contribution in [0.1, 0.15) is 99.5 Å². The molecule has 5 heterocycles. The Morgan fingerprint density at radius 2 is 1.08 bits per heavy atom. The molecule has 0 saturated carbocycles. The quantitative estimate of drug-likeness (QED) is 0.186. The molecule has 8 bridgehead atoms. The Bertz CT molecular complexity index is 1390. The molecule has 3 aromatic heterocycles. The number of aromatic amines is 2. The molecule has 186 valence electrons. The Hall–Kier alpha value is -3.40. The third kappa shape index (κ3) is 6.63. The average Bonchev–Trinajstić information content (AvgIpc) is 3.66. The zero-order valence-electron chi connectivity index (χ0n) is 21.5. The third-order valence-electron chi connectivity index (χ3n) is 7.05. The molecular weight excluding hydrogens is 440 g/mol. The van der Waals surface area contributed by atoms with Crippen molar-refractivity contribution in [1.29, 1.82) is 0 Å². The van der Waals surface area contributed by atoms with Crippen molar-refractivity contribution in [3.8, 4) is 0 Å². The average molecular weight is 479 g/mol. The summed E-state index contributed by atoms with van der Waals surface area (Å²) in [5.74, 6) is 0. The number of aromatic nitrogens is 4. The van der Waals surface area contributed by atoms with Crippen LogP contribution in [0, 0.1) is 0 Å². The minimum atomic E-state index is 0.931. The summed E-state index contributed by atoms with van der Waals surface area (Å²) in [7, 11) is 0. The molecular formula is C32H38N4. The van der Waals surface area contributed by atoms with Gasteiger partial charge in [-0.2, -0.15) is 0 Å². The zero-order chi connectivity index (χ0) is 24.6. The van der Waals surface area contributed by atoms with Crippen molar-refractivity contribution in [2.45, 2.75) is 77.6 Å². The van der Waals surface area contributed by atoms with Crippen LogP contribution in [-0.4, -0.2) is 19.9 Å². The van der Waals surface area contributed by atoms with E-state index in [4.69, 9.17) is 9.97 Å². The summed E-state index contributed by atoms with van der Waals surface area (Å²) in [6.07, 6.45) is 22.9. The van der Waals surface area contributed by atoms with E-state index in [1.807, 2.05) is 18.2 Å². The molecule has 2 N–H and O–H groups in total. The Kier molecular flexibility index (Phi) is 8.12. The number of hydrogen-bond donors (Lipinski definition) is 2. The minimum Gasteiger partial charge on any atom is -0.355 e. The van der Waals surface area contributed by atoms with Crippen LogP contribution in [0.4, 0.5) is 0 Å². The van der Waals surface area contributed by atoms with E-state index in [9.17, 15) is 0 Å². The van der Waals surface area contributed by atoms with E-state index in [1.54, 1.807) is 0 Å². The Morgan fingerprint density at radius 1 is 0.528 bits per heavy atom. The van der Waals surface area contributed by atoms with Gasteiger partial charge in [-0.25, -0.2) is 9.97 Å². The van der Waals surface area contributed by atoms with Gasteiger partial charge >= 0.3 is 0 Å². The fourth-order valence-electron chi connectivity index (χ4n) is 5.09. The van der Waals surface area contributed by atoms with Gasteiger partial charge in [0.25, 0.3) is 0 Å². The van der Waals surface area contributed by atoms with E-state index < -0.39 is 0 Å². The fourth-order valence-corrected chi connectivity index (χ4v) is 5.09. The van der Waals surface area contributed by atoms with Crippen molar-refractivity contribution in [3.05, 3.63) is 70.8 Å². The number of rotatable bonds is 11. The van der Waals surface area contributed by atoms with Crippen LogP contribution in [0.3, 0.4) is 0 Å². The highest BCUT2D eigenvalue weighted by molar-refractivity contribution is 5.78. The van der Waals surface area contributed by atoms with Crippen LogP contribution < -0.4 is 0 Å². The molecule has 4 heteroatoms. The van der Waals surface area contributed by atoms with Crippen molar-refractivity contribution in [2.75, 3.05) is 0 Å². The normalized spacial score (nSPS) is 12.5. The molecule has 4 nitrogen and oxygen atoms in total. The van der Waals surface area contributed by atoms with Gasteiger partial charge in [0.05, 0.1) is 22.8 Å². The first kappa shape index (κ1) is 24.3. The molecule has 0 unspecified atom stereocenters. The van der Waals surface area contributed by atoms with E-state index in [2.05, 4.69) is 65.4 Å². The summed E-state index contributed by atoms with van der Waals surface area (Å²) in [6, 6.07) is 15.0. The predicted octanol–water partition coefficient (Wildman–Crippen LogP) is 9.12. The lowest BCUT2D eigenvalue weighted by molar-refractivity contribution is 0.556. The SMILES string of the molecule is CCCCCCCCCCCCc1cc2cc3ccc(cc4nc(cc5nc(cc1[nH]2)C=C5)C=C4)[nH]3. The highest BCUT2D eigenvalue weighted by Crippen LogP contribution is 2.21. The molecule has 0 atom stereocenters. The lowest BCUT2D eigenvalue weighted by Crippen LogP contribution is -1.86. The van der Waals surface area contributed by atoms with Gasteiger partial charge in [-0.1, -0.05) is 64.7 Å². The third-order valence-corrected chi connectivity index (χ3v) is 7.05. The molecule has 3 aromatic rings. The van der Waals surface area contributed by atoms with Gasteiger partial charge in [0.15, 0.2) is 0 Å². The van der Waals surface area contributed by atoms with Gasteiger partial charge in [0.1, 0.15) is 0 Å². The van der Waals surface area contributed by atoms with Gasteiger partial charge in [-0.05, 0) is 85.2 Å². The fraction of sp³-hybridized carbons (Fsp3) is 0.375. The van der Waals surface area contributed by atoms with E-state index >= 15 is 0 Å². The van der Waals surface area contributed by atoms with Crippen molar-refractivity contribution in [3.63, 3.8) is 0 Å². The van der Waals surface area contributed by atoms with Crippen molar-refractivity contribution < 1.29 is 0 Å². The van der Waals surface area contributed by atoms with Crippen LogP contribution in [0.5, 0.6) is 0 Å². The smallest absolute Gasteiger partial charge is 0.0659 e. The monoisotopic (exact) mass is 478 g/mol. The molecule has 0 radical (unpaired) electrons. The molecule has 0 aromatic carbocycles. The summed E-state index contributed by atoms with van der Waals surface area (Å²) in [5, 5.41) is 0. The van der Waals surface area contributed by atoms with Crippen LogP contribution in [-0.2, 0) is 6.42 Å². The molecule has 2 aliphatic rings. The van der Waals surface area contributed by atoms with E-state index in [0.29, 0.717) is 0 Å². The maximum atomic E-state index is 4.82. The van der Waals surface area contributed by atoms with Crippen molar-refractivity contribution in [2.24, 2.45) is 0 Å². The van der Waals surface area contributed by atoms with Crippen LogP contribution >= 0.6 is 0 Å². The maximum absolute atomic E-state index is 4.82. The molecule has 2 aliphatic heterocycles. The lowest BCUT2D eigenvalue weighted by Gasteiger charge is -2.02. The Balaban J connectivity index is 1.34. The van der Waals surface area contributed by atoms with Gasteiger partial charge in [0.2, 0.25) is 0 Å². The summed E-state index contributed by atoms with van der Waals surface area (Å²) in [4.78, 5) is 16.7. The number of fused-ring (bicyclic) bond motifs is 8. The first-order valence-corrected chi connectivity index (χ1v) is 13.8. The molecule has 0 saturated heterocycles. The predicted molar refractivity (Wildman–Crippen MR) is 154 cm³/mol. The molecule has 0 aliphatic carbocycles. The van der Waals surface area contributed by atoms with Gasteiger partial charge in [0, 0.05) is 22.1 Å². The highest BCUT2D eigenvalue weighted by Gasteiger charge is 2.05. The summed E-state index contributed by atoms with van der Waals surface area (Å²) >= 11 is 0. The van der Waals surface area contributed by atoms with Crippen molar-refractivity contribution in [1.82, 2.24) is 19.9 Å². The molecule has 36 heavy (non-hydrogen) atoms. The second-order valence-corrected chi connectivity index (χ2v) is 10.1. The van der Waals surface area contributed by atoms with Crippen LogP contribution in [0.2, 0.25) is 0 Å². The molecule has 5 rings (SSSR count). The maximum Gasteiger partial charge on any atom is 0.0659 e. The molecule has 0 fully saturated rings. The van der Waals surface area contributed by atoms with Crippen LogP contribution in [0.25, 0.3) is 46.4 Å². The first-order valence-electron chi connectivity index (χ1n) is 13.8.